The molecule has 0 bridgehead atoms. The van der Waals surface area contributed by atoms with E-state index >= 15 is 0 Å². The first-order valence-electron chi connectivity index (χ1n) is 17.9. The fourth-order valence-electron chi connectivity index (χ4n) is 9.03. The Bertz CT molecular complexity index is 3260. The van der Waals surface area contributed by atoms with Gasteiger partial charge in [0.15, 0.2) is 0 Å². The van der Waals surface area contributed by atoms with Gasteiger partial charge in [0.2, 0.25) is 0 Å². The molecule has 0 N–H and O–H groups in total. The Kier molecular flexibility index (Phi) is 5.50. The minimum atomic E-state index is 1.17. The number of hydrogen-bond acceptors (Lipinski definition) is 1. The number of hydrogen-bond donors (Lipinski definition) is 0. The first kappa shape index (κ1) is 27.8. The molecule has 0 aliphatic heterocycles. The van der Waals surface area contributed by atoms with Crippen LogP contribution >= 0.6 is 0 Å². The highest BCUT2D eigenvalue weighted by Crippen LogP contribution is 2.49. The first-order valence-corrected chi connectivity index (χ1v) is 17.9. The van der Waals surface area contributed by atoms with Gasteiger partial charge in [-0.05, 0) is 111 Å². The van der Waals surface area contributed by atoms with Gasteiger partial charge >= 0.3 is 0 Å². The average molecular weight is 660 g/mol. The number of nitrogens with zero attached hydrogens (tertiary/aromatic N) is 3. The molecule has 1 aliphatic carbocycles. The van der Waals surface area contributed by atoms with Crippen LogP contribution in [0.1, 0.15) is 0 Å². The lowest BCUT2D eigenvalue weighted by Crippen LogP contribution is -1.95. The Morgan fingerprint density at radius 1 is 0.365 bits per heavy atom. The van der Waals surface area contributed by atoms with E-state index in [9.17, 15) is 0 Å². The van der Waals surface area contributed by atoms with E-state index < -0.39 is 0 Å². The van der Waals surface area contributed by atoms with Gasteiger partial charge in [-0.15, -0.1) is 0 Å². The van der Waals surface area contributed by atoms with E-state index in [4.69, 9.17) is 0 Å². The van der Waals surface area contributed by atoms with E-state index in [2.05, 4.69) is 178 Å². The van der Waals surface area contributed by atoms with Crippen molar-refractivity contribution in [2.45, 2.75) is 0 Å². The number of para-hydroxylation sites is 2. The van der Waals surface area contributed by atoms with Crippen molar-refractivity contribution in [3.8, 4) is 44.8 Å². The molecule has 0 atom stereocenters. The van der Waals surface area contributed by atoms with Crippen LogP contribution < -0.4 is 0 Å². The molecule has 1 aliphatic rings. The molecule has 0 saturated carbocycles. The smallest absolute Gasteiger partial charge is 0.0547 e. The Hall–Kier alpha value is -6.97. The van der Waals surface area contributed by atoms with Gasteiger partial charge in [0.1, 0.15) is 0 Å². The zero-order valence-corrected chi connectivity index (χ0v) is 28.1. The van der Waals surface area contributed by atoms with Gasteiger partial charge in [-0.3, -0.25) is 4.98 Å². The Labute approximate surface area is 299 Å². The highest BCUT2D eigenvalue weighted by atomic mass is 15.0. The van der Waals surface area contributed by atoms with Gasteiger partial charge in [-0.2, -0.15) is 0 Å². The van der Waals surface area contributed by atoms with Gasteiger partial charge < -0.3 is 9.13 Å². The molecule has 0 fully saturated rings. The average Bonchev–Trinajstić information content (AvgIpc) is 3.83. The molecule has 3 heteroatoms. The summed E-state index contributed by atoms with van der Waals surface area (Å²) < 4.78 is 4.87. The third kappa shape index (κ3) is 3.72. The van der Waals surface area contributed by atoms with Crippen LogP contribution in [0.25, 0.3) is 110 Å². The second-order valence-electron chi connectivity index (χ2n) is 14.0. The van der Waals surface area contributed by atoms with Crippen molar-refractivity contribution >= 4 is 65.2 Å². The summed E-state index contributed by atoms with van der Waals surface area (Å²) in [6.07, 6.45) is 3.90. The topological polar surface area (TPSA) is 22.8 Å². The van der Waals surface area contributed by atoms with Crippen LogP contribution in [0.3, 0.4) is 0 Å². The standard InChI is InChI=1S/C49H29N3/c1-2-11-34(12-3-1)51-46-20-17-33(27-41(46)42-25-30-9-4-5-10-31(30)28-48(42)51)32-18-21-47-40(26-32)36-13-6-7-16-44(36)52(47)45-22-19-38-35-23-24-50-29-43(35)37-14-8-15-39(45)49(37)38/h1-29H. The molecule has 0 unspecified atom stereocenters. The van der Waals surface area contributed by atoms with Crippen molar-refractivity contribution in [3.63, 3.8) is 0 Å². The monoisotopic (exact) mass is 659 g/mol. The van der Waals surface area contributed by atoms with Crippen LogP contribution in [0.15, 0.2) is 176 Å². The summed E-state index contributed by atoms with van der Waals surface area (Å²) in [5.74, 6) is 0. The summed E-state index contributed by atoms with van der Waals surface area (Å²) in [5.41, 5.74) is 14.7. The molecule has 12 rings (SSSR count). The maximum absolute atomic E-state index is 4.47. The molecule has 3 aromatic heterocycles. The molecule has 8 aromatic carbocycles. The number of aromatic nitrogens is 3. The lowest BCUT2D eigenvalue weighted by Gasteiger charge is -2.13. The molecule has 11 aromatic rings. The number of pyridine rings is 1. The quantitative estimate of drug-likeness (QED) is 0.185. The van der Waals surface area contributed by atoms with Crippen molar-refractivity contribution in [2.75, 3.05) is 0 Å². The molecule has 0 radical (unpaired) electrons. The van der Waals surface area contributed by atoms with Crippen LogP contribution in [0.4, 0.5) is 0 Å². The van der Waals surface area contributed by atoms with Gasteiger partial charge in [0, 0.05) is 50.6 Å². The van der Waals surface area contributed by atoms with Crippen LogP contribution in [0.5, 0.6) is 0 Å². The zero-order valence-electron chi connectivity index (χ0n) is 28.1. The zero-order chi connectivity index (χ0) is 33.9. The largest absolute Gasteiger partial charge is 0.309 e. The van der Waals surface area contributed by atoms with Gasteiger partial charge in [-0.1, -0.05) is 97.1 Å². The van der Waals surface area contributed by atoms with Crippen molar-refractivity contribution in [1.29, 1.82) is 0 Å². The summed E-state index contributed by atoms with van der Waals surface area (Å²) in [7, 11) is 0. The lowest BCUT2D eigenvalue weighted by molar-refractivity contribution is 1.18. The second-order valence-corrected chi connectivity index (χ2v) is 14.0. The summed E-state index contributed by atoms with van der Waals surface area (Å²) in [4.78, 5) is 4.47. The normalized spacial score (nSPS) is 12.2. The molecule has 3 heterocycles. The predicted molar refractivity (Wildman–Crippen MR) is 218 cm³/mol. The van der Waals surface area contributed by atoms with Crippen LogP contribution in [-0.2, 0) is 0 Å². The number of benzene rings is 8. The SMILES string of the molecule is c1ccc(-n2c3ccc(-c4ccc5c(c4)c4ccccc4n5-c4ccc5c6c(cccc46)-c4cnccc4-5)cc3c3cc4ccccc4cc32)cc1. The molecule has 240 valence electrons. The molecule has 0 amide bonds. The minimum Gasteiger partial charge on any atom is -0.309 e. The molecular weight excluding hydrogens is 631 g/mol. The fraction of sp³-hybridized carbons (Fsp3) is 0. The van der Waals surface area contributed by atoms with Crippen LogP contribution in [-0.4, -0.2) is 14.1 Å². The lowest BCUT2D eigenvalue weighted by atomic mass is 9.99. The first-order chi connectivity index (χ1) is 25.8. The molecule has 0 saturated heterocycles. The number of rotatable bonds is 3. The molecule has 3 nitrogen and oxygen atoms in total. The van der Waals surface area contributed by atoms with Crippen molar-refractivity contribution in [3.05, 3.63) is 176 Å². The fourth-order valence-corrected chi connectivity index (χ4v) is 9.03. The van der Waals surface area contributed by atoms with Gasteiger partial charge in [0.05, 0.1) is 27.8 Å². The van der Waals surface area contributed by atoms with E-state index in [1.54, 1.807) is 0 Å². The highest BCUT2D eigenvalue weighted by Gasteiger charge is 2.24. The van der Waals surface area contributed by atoms with Crippen LogP contribution in [0.2, 0.25) is 0 Å². The summed E-state index contributed by atoms with van der Waals surface area (Å²) in [6.45, 7) is 0. The molecular formula is C49H29N3. The maximum atomic E-state index is 4.47. The van der Waals surface area contributed by atoms with E-state index in [1.165, 1.54) is 110 Å². The van der Waals surface area contributed by atoms with Crippen molar-refractivity contribution in [1.82, 2.24) is 14.1 Å². The number of fused-ring (bicyclic) bond motifs is 10. The van der Waals surface area contributed by atoms with E-state index in [-0.39, 0.29) is 0 Å². The molecule has 52 heavy (non-hydrogen) atoms. The molecule has 0 spiro atoms. The van der Waals surface area contributed by atoms with Gasteiger partial charge in [0.25, 0.3) is 0 Å². The predicted octanol–water partition coefficient (Wildman–Crippen LogP) is 12.9. The minimum absolute atomic E-state index is 1.17. The van der Waals surface area contributed by atoms with E-state index in [0.717, 1.165) is 0 Å². The highest BCUT2D eigenvalue weighted by molar-refractivity contribution is 6.19. The maximum Gasteiger partial charge on any atom is 0.0547 e. The summed E-state index contributed by atoms with van der Waals surface area (Å²) >= 11 is 0. The van der Waals surface area contributed by atoms with E-state index in [1.807, 2.05) is 12.4 Å². The Morgan fingerprint density at radius 3 is 1.87 bits per heavy atom. The van der Waals surface area contributed by atoms with E-state index in [0.29, 0.717) is 0 Å². The third-order valence-electron chi connectivity index (χ3n) is 11.3. The second kappa shape index (κ2) is 10.3. The van der Waals surface area contributed by atoms with Crippen molar-refractivity contribution in [2.24, 2.45) is 0 Å². The summed E-state index contributed by atoms with van der Waals surface area (Å²) in [6, 6.07) is 60.3. The van der Waals surface area contributed by atoms with Crippen molar-refractivity contribution < 1.29 is 0 Å². The third-order valence-corrected chi connectivity index (χ3v) is 11.3. The Morgan fingerprint density at radius 2 is 1.02 bits per heavy atom. The van der Waals surface area contributed by atoms with Crippen LogP contribution in [0, 0.1) is 0 Å². The Balaban J connectivity index is 1.08. The van der Waals surface area contributed by atoms with Gasteiger partial charge in [-0.25, -0.2) is 0 Å². The summed E-state index contributed by atoms with van der Waals surface area (Å²) in [5, 5.41) is 10.1.